The molecule has 0 bridgehead atoms. The maximum atomic E-state index is 13.2. The molecule has 3 aromatic rings. The van der Waals surface area contributed by atoms with Crippen molar-refractivity contribution < 1.29 is 13.6 Å². The van der Waals surface area contributed by atoms with Crippen LogP contribution >= 0.6 is 11.8 Å². The first-order valence-corrected chi connectivity index (χ1v) is 8.41. The van der Waals surface area contributed by atoms with Gasteiger partial charge in [0.15, 0.2) is 11.0 Å². The van der Waals surface area contributed by atoms with E-state index in [1.807, 2.05) is 0 Å². The summed E-state index contributed by atoms with van der Waals surface area (Å²) >= 11 is 1.31. The number of halogens is 2. The average molecular weight is 360 g/mol. The molecule has 25 heavy (non-hydrogen) atoms. The number of aromatic nitrogens is 3. The predicted molar refractivity (Wildman–Crippen MR) is 91.2 cm³/mol. The van der Waals surface area contributed by atoms with Crippen LogP contribution in [-0.4, -0.2) is 26.4 Å². The number of hydrogen-bond acceptors (Lipinski definition) is 4. The zero-order valence-corrected chi connectivity index (χ0v) is 13.8. The van der Waals surface area contributed by atoms with Gasteiger partial charge in [-0.05, 0) is 48.5 Å². The fraction of sp³-hybridized carbons (Fsp3) is 0.118. The molecule has 0 aliphatic carbocycles. The van der Waals surface area contributed by atoms with E-state index in [0.29, 0.717) is 28.0 Å². The van der Waals surface area contributed by atoms with Crippen LogP contribution < -0.4 is 5.73 Å². The van der Waals surface area contributed by atoms with Crippen LogP contribution in [0.15, 0.2) is 53.7 Å². The SMILES string of the molecule is NC(=O)CCSc1nnc(-c2ccc(F)cc2)n1-c1ccc(F)cc1. The Morgan fingerprint density at radius 2 is 1.60 bits per heavy atom. The maximum absolute atomic E-state index is 13.2. The van der Waals surface area contributed by atoms with Crippen LogP contribution in [0.3, 0.4) is 0 Å². The van der Waals surface area contributed by atoms with Crippen molar-refractivity contribution in [1.29, 1.82) is 0 Å². The van der Waals surface area contributed by atoms with Crippen LogP contribution in [0, 0.1) is 11.6 Å². The van der Waals surface area contributed by atoms with Crippen LogP contribution in [0.5, 0.6) is 0 Å². The fourth-order valence-corrected chi connectivity index (χ4v) is 3.12. The molecule has 1 aromatic heterocycles. The van der Waals surface area contributed by atoms with E-state index in [1.54, 1.807) is 28.8 Å². The Bertz CT molecular complexity index is 879. The number of nitrogens with two attached hydrogens (primary N) is 1. The molecule has 2 N–H and O–H groups in total. The molecule has 0 unspecified atom stereocenters. The zero-order chi connectivity index (χ0) is 17.8. The second-order valence-electron chi connectivity index (χ2n) is 5.19. The lowest BCUT2D eigenvalue weighted by molar-refractivity contribution is -0.117. The summed E-state index contributed by atoms with van der Waals surface area (Å²) in [5.74, 6) is -0.180. The third kappa shape index (κ3) is 4.03. The Labute approximate surface area is 146 Å². The van der Waals surface area contributed by atoms with Crippen LogP contribution in [0.25, 0.3) is 17.1 Å². The first-order chi connectivity index (χ1) is 12.0. The van der Waals surface area contributed by atoms with E-state index < -0.39 is 5.91 Å². The smallest absolute Gasteiger partial charge is 0.218 e. The molecule has 0 spiro atoms. The van der Waals surface area contributed by atoms with E-state index >= 15 is 0 Å². The number of nitrogens with zero attached hydrogens (tertiary/aromatic N) is 3. The molecule has 1 amide bonds. The molecular weight excluding hydrogens is 346 g/mol. The van der Waals surface area contributed by atoms with Gasteiger partial charge in [-0.25, -0.2) is 8.78 Å². The van der Waals surface area contributed by atoms with Crippen molar-refractivity contribution in [3.8, 4) is 17.1 Å². The Morgan fingerprint density at radius 3 is 2.20 bits per heavy atom. The molecule has 0 fully saturated rings. The molecule has 0 atom stereocenters. The number of carbonyl (C=O) groups excluding carboxylic acids is 1. The number of primary amides is 1. The van der Waals surface area contributed by atoms with E-state index in [0.717, 1.165) is 0 Å². The van der Waals surface area contributed by atoms with Gasteiger partial charge in [-0.1, -0.05) is 11.8 Å². The second kappa shape index (κ2) is 7.43. The molecule has 0 saturated carbocycles. The summed E-state index contributed by atoms with van der Waals surface area (Å²) < 4.78 is 28.2. The van der Waals surface area contributed by atoms with Crippen molar-refractivity contribution in [3.05, 3.63) is 60.2 Å². The van der Waals surface area contributed by atoms with Gasteiger partial charge in [-0.15, -0.1) is 10.2 Å². The van der Waals surface area contributed by atoms with E-state index in [2.05, 4.69) is 10.2 Å². The van der Waals surface area contributed by atoms with Gasteiger partial charge >= 0.3 is 0 Å². The molecule has 5 nitrogen and oxygen atoms in total. The standard InChI is InChI=1S/C17H14F2N4OS/c18-12-3-1-11(2-4-12)16-21-22-17(25-10-9-15(20)24)23(16)14-7-5-13(19)6-8-14/h1-8H,9-10H2,(H2,20,24). The van der Waals surface area contributed by atoms with Crippen molar-refractivity contribution >= 4 is 17.7 Å². The summed E-state index contributed by atoms with van der Waals surface area (Å²) in [5.41, 5.74) is 6.49. The van der Waals surface area contributed by atoms with Crippen molar-refractivity contribution in [2.45, 2.75) is 11.6 Å². The molecule has 0 radical (unpaired) electrons. The van der Waals surface area contributed by atoms with E-state index in [-0.39, 0.29) is 18.1 Å². The number of thioether (sulfide) groups is 1. The normalized spacial score (nSPS) is 10.8. The summed E-state index contributed by atoms with van der Waals surface area (Å²) in [6.45, 7) is 0. The largest absolute Gasteiger partial charge is 0.370 e. The highest BCUT2D eigenvalue weighted by molar-refractivity contribution is 7.99. The Balaban J connectivity index is 2.02. The van der Waals surface area contributed by atoms with E-state index in [9.17, 15) is 13.6 Å². The van der Waals surface area contributed by atoms with Gasteiger partial charge in [0.2, 0.25) is 5.91 Å². The van der Waals surface area contributed by atoms with Gasteiger partial charge in [0.05, 0.1) is 0 Å². The summed E-state index contributed by atoms with van der Waals surface area (Å²) in [4.78, 5) is 10.9. The summed E-state index contributed by atoms with van der Waals surface area (Å²) in [6.07, 6.45) is 0.201. The monoisotopic (exact) mass is 360 g/mol. The third-order valence-electron chi connectivity index (χ3n) is 3.40. The molecule has 0 saturated heterocycles. The first kappa shape index (κ1) is 17.1. The quantitative estimate of drug-likeness (QED) is 0.685. The van der Waals surface area contributed by atoms with Gasteiger partial charge in [-0.2, -0.15) is 0 Å². The minimum Gasteiger partial charge on any atom is -0.370 e. The lowest BCUT2D eigenvalue weighted by Gasteiger charge is -2.10. The van der Waals surface area contributed by atoms with Gasteiger partial charge in [0.1, 0.15) is 11.6 Å². The summed E-state index contributed by atoms with van der Waals surface area (Å²) in [7, 11) is 0. The topological polar surface area (TPSA) is 73.8 Å². The Hall–Kier alpha value is -2.74. The molecule has 8 heteroatoms. The lowest BCUT2D eigenvalue weighted by Crippen LogP contribution is -2.11. The highest BCUT2D eigenvalue weighted by atomic mass is 32.2. The zero-order valence-electron chi connectivity index (χ0n) is 13.0. The number of hydrogen-bond donors (Lipinski definition) is 1. The highest BCUT2D eigenvalue weighted by Crippen LogP contribution is 2.28. The van der Waals surface area contributed by atoms with Gasteiger partial charge in [0, 0.05) is 23.4 Å². The molecule has 2 aromatic carbocycles. The molecule has 3 rings (SSSR count). The van der Waals surface area contributed by atoms with E-state index in [1.165, 1.54) is 36.0 Å². The molecule has 128 valence electrons. The number of rotatable bonds is 6. The number of amides is 1. The van der Waals surface area contributed by atoms with Crippen molar-refractivity contribution in [3.63, 3.8) is 0 Å². The maximum Gasteiger partial charge on any atom is 0.218 e. The van der Waals surface area contributed by atoms with Gasteiger partial charge in [0.25, 0.3) is 0 Å². The molecule has 0 aliphatic rings. The van der Waals surface area contributed by atoms with E-state index in [4.69, 9.17) is 5.73 Å². The summed E-state index contributed by atoms with van der Waals surface area (Å²) in [6, 6.07) is 11.7. The van der Waals surface area contributed by atoms with Crippen LogP contribution in [0.1, 0.15) is 6.42 Å². The minimum absolute atomic E-state index is 0.201. The van der Waals surface area contributed by atoms with Crippen LogP contribution in [0.4, 0.5) is 8.78 Å². The van der Waals surface area contributed by atoms with Crippen LogP contribution in [0.2, 0.25) is 0 Å². The van der Waals surface area contributed by atoms with Crippen molar-refractivity contribution in [1.82, 2.24) is 14.8 Å². The average Bonchev–Trinajstić information content (AvgIpc) is 3.00. The Morgan fingerprint density at radius 1 is 1.00 bits per heavy atom. The van der Waals surface area contributed by atoms with Gasteiger partial charge < -0.3 is 5.73 Å². The van der Waals surface area contributed by atoms with Crippen molar-refractivity contribution in [2.24, 2.45) is 5.73 Å². The number of carbonyl (C=O) groups is 1. The molecule has 0 aliphatic heterocycles. The van der Waals surface area contributed by atoms with Crippen LogP contribution in [-0.2, 0) is 4.79 Å². The predicted octanol–water partition coefficient (Wildman–Crippen LogP) is 3.18. The number of benzene rings is 2. The second-order valence-corrected chi connectivity index (χ2v) is 6.25. The fourth-order valence-electron chi connectivity index (χ4n) is 2.22. The lowest BCUT2D eigenvalue weighted by atomic mass is 10.2. The first-order valence-electron chi connectivity index (χ1n) is 7.43. The summed E-state index contributed by atoms with van der Waals surface area (Å²) in [5, 5.41) is 8.85. The molecule has 1 heterocycles. The Kier molecular flexibility index (Phi) is 5.08. The van der Waals surface area contributed by atoms with Crippen molar-refractivity contribution in [2.75, 3.05) is 5.75 Å². The highest BCUT2D eigenvalue weighted by Gasteiger charge is 2.16. The molecular formula is C17H14F2N4OS. The third-order valence-corrected chi connectivity index (χ3v) is 4.33. The van der Waals surface area contributed by atoms with Gasteiger partial charge in [-0.3, -0.25) is 9.36 Å². The minimum atomic E-state index is -0.404.